The summed E-state index contributed by atoms with van der Waals surface area (Å²) in [7, 11) is 0. The molecule has 5 heteroatoms. The van der Waals surface area contributed by atoms with Crippen LogP contribution in [0.15, 0.2) is 24.3 Å². The summed E-state index contributed by atoms with van der Waals surface area (Å²) in [6.45, 7) is 4.51. The van der Waals surface area contributed by atoms with E-state index in [9.17, 15) is 4.79 Å². The molecule has 2 aliphatic rings. The van der Waals surface area contributed by atoms with Crippen LogP contribution in [0.5, 0.6) is 0 Å². The van der Waals surface area contributed by atoms with E-state index in [1.807, 2.05) is 11.0 Å². The zero-order chi connectivity index (χ0) is 15.1. The average molecular weight is 335 g/mol. The highest BCUT2D eigenvalue weighted by atomic mass is 35.5. The molecule has 22 heavy (non-hydrogen) atoms. The van der Waals surface area contributed by atoms with E-state index in [0.29, 0.717) is 11.8 Å². The van der Waals surface area contributed by atoms with Crippen molar-refractivity contribution in [2.75, 3.05) is 26.2 Å². The average Bonchev–Trinajstić information content (AvgIpc) is 3.35. The number of rotatable bonds is 3. The molecule has 1 aliphatic carbocycles. The first kappa shape index (κ1) is 14.5. The number of thiophene rings is 1. The standard InChI is InChI=1S/C17H19ClN2OS/c18-16-13-3-1-2-4-14(13)22-15(16)11-19-7-9-20(10-8-19)17(21)12-5-6-12/h1-4,12H,5-11H2. The van der Waals surface area contributed by atoms with Crippen LogP contribution in [-0.4, -0.2) is 41.9 Å². The third-order valence-electron chi connectivity index (χ3n) is 4.58. The Kier molecular flexibility index (Phi) is 3.84. The molecule has 1 saturated heterocycles. The van der Waals surface area contributed by atoms with Gasteiger partial charge in [0, 0.05) is 53.6 Å². The Hall–Kier alpha value is -1.10. The van der Waals surface area contributed by atoms with E-state index in [1.54, 1.807) is 11.3 Å². The lowest BCUT2D eigenvalue weighted by atomic mass is 10.2. The predicted octanol–water partition coefficient (Wildman–Crippen LogP) is 3.61. The van der Waals surface area contributed by atoms with Gasteiger partial charge in [0.25, 0.3) is 0 Å². The molecule has 0 spiro atoms. The van der Waals surface area contributed by atoms with Gasteiger partial charge in [-0.15, -0.1) is 11.3 Å². The van der Waals surface area contributed by atoms with E-state index in [4.69, 9.17) is 11.6 Å². The molecule has 116 valence electrons. The van der Waals surface area contributed by atoms with Crippen molar-refractivity contribution >= 4 is 38.9 Å². The molecule has 0 atom stereocenters. The van der Waals surface area contributed by atoms with Crippen molar-refractivity contribution in [2.45, 2.75) is 19.4 Å². The Morgan fingerprint density at radius 2 is 1.91 bits per heavy atom. The molecular weight excluding hydrogens is 316 g/mol. The number of carbonyl (C=O) groups excluding carboxylic acids is 1. The fourth-order valence-corrected chi connectivity index (χ4v) is 4.62. The summed E-state index contributed by atoms with van der Waals surface area (Å²) in [5, 5.41) is 2.06. The van der Waals surface area contributed by atoms with Gasteiger partial charge in [-0.25, -0.2) is 0 Å². The summed E-state index contributed by atoms with van der Waals surface area (Å²) in [6.07, 6.45) is 2.19. The monoisotopic (exact) mass is 334 g/mol. The number of hydrogen-bond donors (Lipinski definition) is 0. The quantitative estimate of drug-likeness (QED) is 0.856. The maximum absolute atomic E-state index is 12.1. The highest BCUT2D eigenvalue weighted by Crippen LogP contribution is 2.36. The third-order valence-corrected chi connectivity index (χ3v) is 6.28. The van der Waals surface area contributed by atoms with Crippen molar-refractivity contribution in [3.63, 3.8) is 0 Å². The van der Waals surface area contributed by atoms with E-state index in [2.05, 4.69) is 23.1 Å². The van der Waals surface area contributed by atoms with Gasteiger partial charge >= 0.3 is 0 Å². The number of amides is 1. The molecular formula is C17H19ClN2OS. The van der Waals surface area contributed by atoms with Gasteiger partial charge in [-0.2, -0.15) is 0 Å². The summed E-state index contributed by atoms with van der Waals surface area (Å²) in [4.78, 5) is 17.8. The first-order valence-electron chi connectivity index (χ1n) is 7.89. The van der Waals surface area contributed by atoms with Crippen molar-refractivity contribution in [1.82, 2.24) is 9.80 Å². The molecule has 0 N–H and O–H groups in total. The molecule has 3 nitrogen and oxygen atoms in total. The third kappa shape index (κ3) is 2.75. The van der Waals surface area contributed by atoms with Crippen LogP contribution in [0, 0.1) is 5.92 Å². The molecule has 1 aromatic carbocycles. The van der Waals surface area contributed by atoms with Crippen molar-refractivity contribution < 1.29 is 4.79 Å². The van der Waals surface area contributed by atoms with Crippen LogP contribution in [0.3, 0.4) is 0 Å². The van der Waals surface area contributed by atoms with Crippen LogP contribution in [0.4, 0.5) is 0 Å². The van der Waals surface area contributed by atoms with Crippen LogP contribution < -0.4 is 0 Å². The molecule has 1 aliphatic heterocycles. The maximum atomic E-state index is 12.1. The Bertz CT molecular complexity index is 702. The lowest BCUT2D eigenvalue weighted by molar-refractivity contribution is -0.134. The van der Waals surface area contributed by atoms with Crippen LogP contribution in [0.25, 0.3) is 10.1 Å². The number of fused-ring (bicyclic) bond motifs is 1. The van der Waals surface area contributed by atoms with Gasteiger partial charge in [0.15, 0.2) is 0 Å². The minimum atomic E-state index is 0.337. The van der Waals surface area contributed by atoms with E-state index in [-0.39, 0.29) is 0 Å². The molecule has 2 heterocycles. The van der Waals surface area contributed by atoms with Crippen molar-refractivity contribution in [3.8, 4) is 0 Å². The lowest BCUT2D eigenvalue weighted by Crippen LogP contribution is -2.48. The van der Waals surface area contributed by atoms with E-state index in [1.165, 1.54) is 9.58 Å². The molecule has 1 amide bonds. The minimum absolute atomic E-state index is 0.337. The molecule has 2 aromatic rings. The predicted molar refractivity (Wildman–Crippen MR) is 91.4 cm³/mol. The van der Waals surface area contributed by atoms with E-state index < -0.39 is 0 Å². The lowest BCUT2D eigenvalue weighted by Gasteiger charge is -2.34. The summed E-state index contributed by atoms with van der Waals surface area (Å²) in [5.41, 5.74) is 0. The van der Waals surface area contributed by atoms with Crippen molar-refractivity contribution in [2.24, 2.45) is 5.92 Å². The molecule has 2 fully saturated rings. The van der Waals surface area contributed by atoms with Gasteiger partial charge in [0.2, 0.25) is 5.91 Å². The number of hydrogen-bond acceptors (Lipinski definition) is 3. The van der Waals surface area contributed by atoms with Crippen LogP contribution in [-0.2, 0) is 11.3 Å². The molecule has 0 bridgehead atoms. The summed E-state index contributed by atoms with van der Waals surface area (Å²) >= 11 is 8.31. The number of nitrogens with zero attached hydrogens (tertiary/aromatic N) is 2. The number of halogens is 1. The highest BCUT2D eigenvalue weighted by Gasteiger charge is 2.34. The normalized spacial score (nSPS) is 19.8. The zero-order valence-corrected chi connectivity index (χ0v) is 14.0. The molecule has 0 unspecified atom stereocenters. The van der Waals surface area contributed by atoms with Gasteiger partial charge < -0.3 is 4.90 Å². The summed E-state index contributed by atoms with van der Waals surface area (Å²) in [6, 6.07) is 8.31. The molecule has 4 rings (SSSR count). The van der Waals surface area contributed by atoms with Crippen LogP contribution in [0.2, 0.25) is 5.02 Å². The number of piperazine rings is 1. The smallest absolute Gasteiger partial charge is 0.225 e. The van der Waals surface area contributed by atoms with Gasteiger partial charge in [0.1, 0.15) is 0 Å². The second kappa shape index (κ2) is 5.84. The Morgan fingerprint density at radius 3 is 2.59 bits per heavy atom. The summed E-state index contributed by atoms with van der Waals surface area (Å²) < 4.78 is 1.25. The molecule has 0 radical (unpaired) electrons. The van der Waals surface area contributed by atoms with Gasteiger partial charge in [-0.3, -0.25) is 9.69 Å². The fraction of sp³-hybridized carbons (Fsp3) is 0.471. The Labute approximate surface area is 139 Å². The second-order valence-electron chi connectivity index (χ2n) is 6.21. The van der Waals surface area contributed by atoms with Crippen molar-refractivity contribution in [3.05, 3.63) is 34.2 Å². The maximum Gasteiger partial charge on any atom is 0.225 e. The first-order chi connectivity index (χ1) is 10.7. The highest BCUT2D eigenvalue weighted by molar-refractivity contribution is 7.19. The largest absolute Gasteiger partial charge is 0.340 e. The SMILES string of the molecule is O=C(C1CC1)N1CCN(Cc2sc3ccccc3c2Cl)CC1. The first-order valence-corrected chi connectivity index (χ1v) is 9.09. The van der Waals surface area contributed by atoms with Crippen LogP contribution >= 0.6 is 22.9 Å². The number of carbonyl (C=O) groups is 1. The fourth-order valence-electron chi connectivity index (χ4n) is 3.08. The van der Waals surface area contributed by atoms with Gasteiger partial charge in [0.05, 0.1) is 5.02 Å². The number of benzene rings is 1. The topological polar surface area (TPSA) is 23.6 Å². The van der Waals surface area contributed by atoms with Crippen LogP contribution in [0.1, 0.15) is 17.7 Å². The molecule has 1 saturated carbocycles. The zero-order valence-electron chi connectivity index (χ0n) is 12.4. The van der Waals surface area contributed by atoms with Gasteiger partial charge in [-0.1, -0.05) is 29.8 Å². The van der Waals surface area contributed by atoms with E-state index in [0.717, 1.165) is 56.0 Å². The molecule has 1 aromatic heterocycles. The van der Waals surface area contributed by atoms with Gasteiger partial charge in [-0.05, 0) is 18.9 Å². The Balaban J connectivity index is 1.41. The Morgan fingerprint density at radius 1 is 1.18 bits per heavy atom. The minimum Gasteiger partial charge on any atom is -0.340 e. The van der Waals surface area contributed by atoms with Crippen molar-refractivity contribution in [1.29, 1.82) is 0 Å². The summed E-state index contributed by atoms with van der Waals surface area (Å²) in [5.74, 6) is 0.711. The van der Waals surface area contributed by atoms with E-state index >= 15 is 0 Å². The second-order valence-corrected chi connectivity index (χ2v) is 7.73.